The third-order valence-corrected chi connectivity index (χ3v) is 5.12. The number of rotatable bonds is 4. The summed E-state index contributed by atoms with van der Waals surface area (Å²) < 4.78 is 12.1. The number of aromatic hydroxyl groups is 2. The molecule has 6 heteroatoms. The van der Waals surface area contributed by atoms with E-state index in [1.54, 1.807) is 30.3 Å². The van der Waals surface area contributed by atoms with E-state index in [-0.39, 0.29) is 22.9 Å². The molecule has 0 fully saturated rings. The summed E-state index contributed by atoms with van der Waals surface area (Å²) in [5.41, 5.74) is 13.0. The number of phenolic OH excluding ortho intramolecular Hbond substituents is 2. The second kappa shape index (κ2) is 8.63. The van der Waals surface area contributed by atoms with Gasteiger partial charge in [0, 0.05) is 34.0 Å². The van der Waals surface area contributed by atoms with Gasteiger partial charge in [-0.1, -0.05) is 17.8 Å². The van der Waals surface area contributed by atoms with E-state index in [1.165, 1.54) is 24.3 Å². The maximum absolute atomic E-state index is 9.98. The van der Waals surface area contributed by atoms with Crippen LogP contribution in [0, 0.1) is 37.0 Å². The number of hydrogen-bond acceptors (Lipinski definition) is 6. The van der Waals surface area contributed by atoms with Crippen molar-refractivity contribution in [1.29, 1.82) is 0 Å². The molecule has 0 spiro atoms. The molecule has 0 aliphatic heterocycles. The zero-order valence-corrected chi connectivity index (χ0v) is 17.8. The van der Waals surface area contributed by atoms with E-state index in [0.717, 1.165) is 0 Å². The van der Waals surface area contributed by atoms with E-state index in [2.05, 4.69) is 17.8 Å². The molecule has 4 rings (SSSR count). The Kier molecular flexibility index (Phi) is 5.54. The lowest BCUT2D eigenvalue weighted by molar-refractivity contribution is 0.456. The number of phenols is 2. The minimum atomic E-state index is -0.136. The molecule has 0 aliphatic carbocycles. The van der Waals surface area contributed by atoms with Crippen LogP contribution in [0.4, 0.5) is 11.4 Å². The minimum absolute atomic E-state index is 0.129. The summed E-state index contributed by atoms with van der Waals surface area (Å²) >= 11 is 0. The fourth-order valence-corrected chi connectivity index (χ4v) is 3.48. The van der Waals surface area contributed by atoms with Gasteiger partial charge in [0.25, 0.3) is 0 Å². The van der Waals surface area contributed by atoms with Crippen LogP contribution in [-0.4, -0.2) is 10.2 Å². The van der Waals surface area contributed by atoms with Crippen molar-refractivity contribution in [2.75, 3.05) is 11.5 Å². The van der Waals surface area contributed by atoms with Gasteiger partial charge in [0.1, 0.15) is 34.5 Å². The maximum Gasteiger partial charge on any atom is 0.142 e. The Morgan fingerprint density at radius 1 is 0.618 bits per heavy atom. The van der Waals surface area contributed by atoms with E-state index in [9.17, 15) is 10.2 Å². The predicted molar refractivity (Wildman–Crippen MR) is 133 cm³/mol. The number of ether oxygens (including phenoxy) is 2. The molecule has 34 heavy (non-hydrogen) atoms. The number of hydrogen-bond donors (Lipinski definition) is 4. The Bertz CT molecular complexity index is 1580. The summed E-state index contributed by atoms with van der Waals surface area (Å²) in [6, 6.07) is 13.9. The number of nitrogen functional groups attached to an aromatic ring is 2. The molecule has 0 aliphatic rings. The van der Waals surface area contributed by atoms with E-state index < -0.39 is 0 Å². The Labute approximate surface area is 196 Å². The first-order valence-corrected chi connectivity index (χ1v) is 9.92. The number of benzene rings is 4. The molecule has 6 nitrogen and oxygen atoms in total. The van der Waals surface area contributed by atoms with Gasteiger partial charge in [-0.05, 0) is 42.5 Å². The van der Waals surface area contributed by atoms with E-state index in [1.807, 2.05) is 0 Å². The third-order valence-electron chi connectivity index (χ3n) is 5.12. The summed E-state index contributed by atoms with van der Waals surface area (Å²) in [7, 11) is 0. The highest BCUT2D eigenvalue weighted by atomic mass is 16.5. The molecular formula is C28H18N2O4. The molecule has 0 bridgehead atoms. The zero-order valence-electron chi connectivity index (χ0n) is 17.8. The molecule has 0 heterocycles. The Hall–Kier alpha value is -5.38. The average Bonchev–Trinajstić information content (AvgIpc) is 2.83. The van der Waals surface area contributed by atoms with Crippen molar-refractivity contribution >= 4 is 22.1 Å². The Morgan fingerprint density at radius 2 is 1.18 bits per heavy atom. The van der Waals surface area contributed by atoms with Gasteiger partial charge in [-0.2, -0.15) is 0 Å². The average molecular weight is 446 g/mol. The molecule has 0 saturated heterocycles. The predicted octanol–water partition coefficient (Wildman–Crippen LogP) is 4.94. The zero-order chi connectivity index (χ0) is 24.4. The van der Waals surface area contributed by atoms with E-state index >= 15 is 0 Å². The van der Waals surface area contributed by atoms with Crippen molar-refractivity contribution in [2.24, 2.45) is 0 Å². The Morgan fingerprint density at radius 3 is 1.68 bits per heavy atom. The summed E-state index contributed by atoms with van der Waals surface area (Å²) in [6.07, 6.45) is 17.4. The number of fused-ring (bicyclic) bond motifs is 1. The van der Waals surface area contributed by atoms with Crippen LogP contribution in [-0.2, 0) is 0 Å². The topological polar surface area (TPSA) is 111 Å². The van der Waals surface area contributed by atoms with Gasteiger partial charge in [0.2, 0.25) is 0 Å². The van der Waals surface area contributed by atoms with Crippen LogP contribution in [0.3, 0.4) is 0 Å². The van der Waals surface area contributed by atoms with Crippen molar-refractivity contribution in [1.82, 2.24) is 0 Å². The maximum atomic E-state index is 9.98. The second-order valence-corrected chi connectivity index (χ2v) is 7.24. The van der Waals surface area contributed by atoms with Crippen LogP contribution in [0.1, 0.15) is 16.7 Å². The van der Waals surface area contributed by atoms with Crippen LogP contribution >= 0.6 is 0 Å². The van der Waals surface area contributed by atoms with Crippen LogP contribution in [0.2, 0.25) is 0 Å². The highest BCUT2D eigenvalue weighted by Gasteiger charge is 2.20. The molecule has 4 aromatic carbocycles. The summed E-state index contributed by atoms with van der Waals surface area (Å²) in [4.78, 5) is 0. The summed E-state index contributed by atoms with van der Waals surface area (Å²) in [6.45, 7) is 0. The van der Waals surface area contributed by atoms with Crippen LogP contribution < -0.4 is 20.9 Å². The van der Waals surface area contributed by atoms with Crippen molar-refractivity contribution in [3.8, 4) is 71.5 Å². The molecule has 164 valence electrons. The van der Waals surface area contributed by atoms with Gasteiger partial charge in [0.05, 0.1) is 16.9 Å². The monoisotopic (exact) mass is 446 g/mol. The van der Waals surface area contributed by atoms with Crippen molar-refractivity contribution < 1.29 is 19.7 Å². The number of nitrogens with two attached hydrogens (primary N) is 2. The first-order chi connectivity index (χ1) is 16.4. The Balaban J connectivity index is 1.99. The third kappa shape index (κ3) is 3.82. The first-order valence-electron chi connectivity index (χ1n) is 9.92. The number of terminal acetylenes is 3. The molecule has 0 unspecified atom stereocenters. The lowest BCUT2D eigenvalue weighted by atomic mass is 9.94. The quantitative estimate of drug-likeness (QED) is 0.201. The normalized spacial score (nSPS) is 10.1. The summed E-state index contributed by atoms with van der Waals surface area (Å²) in [5.74, 6) is 8.84. The van der Waals surface area contributed by atoms with Crippen LogP contribution in [0.15, 0.2) is 54.6 Å². The lowest BCUT2D eigenvalue weighted by Gasteiger charge is -2.17. The van der Waals surface area contributed by atoms with Gasteiger partial charge in [-0.3, -0.25) is 0 Å². The largest absolute Gasteiger partial charge is 0.506 e. The molecule has 0 aromatic heterocycles. The van der Waals surface area contributed by atoms with E-state index in [0.29, 0.717) is 50.5 Å². The highest BCUT2D eigenvalue weighted by molar-refractivity contribution is 6.03. The molecule has 6 N–H and O–H groups in total. The van der Waals surface area contributed by atoms with Crippen molar-refractivity contribution in [2.45, 2.75) is 0 Å². The van der Waals surface area contributed by atoms with Gasteiger partial charge >= 0.3 is 0 Å². The minimum Gasteiger partial charge on any atom is -0.506 e. The molecular weight excluding hydrogens is 428 g/mol. The van der Waals surface area contributed by atoms with Gasteiger partial charge in [0.15, 0.2) is 0 Å². The van der Waals surface area contributed by atoms with Crippen molar-refractivity contribution in [3.63, 3.8) is 0 Å². The highest BCUT2D eigenvalue weighted by Crippen LogP contribution is 2.43. The number of anilines is 2. The lowest BCUT2D eigenvalue weighted by Crippen LogP contribution is -1.97. The molecule has 4 aromatic rings. The van der Waals surface area contributed by atoms with Gasteiger partial charge in [-0.25, -0.2) is 0 Å². The molecule has 0 saturated carbocycles. The smallest absolute Gasteiger partial charge is 0.142 e. The van der Waals surface area contributed by atoms with Gasteiger partial charge in [-0.15, -0.1) is 19.3 Å². The fourth-order valence-electron chi connectivity index (χ4n) is 3.48. The van der Waals surface area contributed by atoms with Crippen LogP contribution in [0.25, 0.3) is 10.8 Å². The molecule has 0 amide bonds. The fraction of sp³-hybridized carbons (Fsp3) is 0. The van der Waals surface area contributed by atoms with Crippen molar-refractivity contribution in [3.05, 3.63) is 71.3 Å². The summed E-state index contributed by atoms with van der Waals surface area (Å²) in [5, 5.41) is 20.9. The van der Waals surface area contributed by atoms with Crippen LogP contribution in [0.5, 0.6) is 34.5 Å². The first kappa shape index (κ1) is 21.8. The van der Waals surface area contributed by atoms with Gasteiger partial charge < -0.3 is 31.2 Å². The SMILES string of the molecule is C#Cc1cc(Oc2ccc(N)c(O)c2)c2c(C#C)ccc(Oc3ccc(N)c(O)c3)c2c1C#C. The molecule has 0 atom stereocenters. The standard InChI is InChI=1S/C28H18N2O4/c1-4-16-7-12-25(33-18-8-10-21(29)23(31)14-18)28-20(6-3)17(5-2)13-26(27(16)28)34-19-9-11-22(30)24(32)15-19/h1-3,7-15,31-32H,29-30H2. The molecule has 0 radical (unpaired) electrons. The van der Waals surface area contributed by atoms with E-state index in [4.69, 9.17) is 40.2 Å². The second-order valence-electron chi connectivity index (χ2n) is 7.24.